The fraction of sp³-hybridized carbons (Fsp3) is 0.562. The number of ether oxygens (including phenoxy) is 1. The van der Waals surface area contributed by atoms with Gasteiger partial charge >= 0.3 is 5.97 Å². The Balaban J connectivity index is 1.76. The first-order chi connectivity index (χ1) is 8.59. The summed E-state index contributed by atoms with van der Waals surface area (Å²) in [5.41, 5.74) is 1.05. The molecule has 0 aliphatic heterocycles. The molecule has 2 atom stereocenters. The van der Waals surface area contributed by atoms with Crippen LogP contribution in [0.5, 0.6) is 0 Å². The fourth-order valence-electron chi connectivity index (χ4n) is 2.95. The number of carbonyl (C=O) groups excluding carboxylic acids is 1. The maximum atomic E-state index is 11.8. The van der Waals surface area contributed by atoms with Gasteiger partial charge in [0.05, 0.1) is 0 Å². The zero-order valence-electron chi connectivity index (χ0n) is 11.4. The maximum absolute atomic E-state index is 11.8. The lowest BCUT2D eigenvalue weighted by molar-refractivity contribution is -0.150. The number of hydrogen-bond donors (Lipinski definition) is 0. The lowest BCUT2D eigenvalue weighted by Crippen LogP contribution is -2.43. The molecule has 0 heterocycles. The van der Waals surface area contributed by atoms with Crippen LogP contribution in [0.3, 0.4) is 0 Å². The molecule has 0 radical (unpaired) electrons. The number of benzene rings is 1. The van der Waals surface area contributed by atoms with Gasteiger partial charge in [-0.1, -0.05) is 51.1 Å². The maximum Gasteiger partial charge on any atom is 0.306 e. The molecule has 0 amide bonds. The van der Waals surface area contributed by atoms with E-state index < -0.39 is 0 Å². The van der Waals surface area contributed by atoms with Crippen molar-refractivity contribution in [3.63, 3.8) is 0 Å². The molecule has 1 aliphatic carbocycles. The summed E-state index contributed by atoms with van der Waals surface area (Å²) in [5.74, 6) is 2.46. The molecule has 0 saturated heterocycles. The standard InChI is InChI=1S/C16H22O2/c1-11-12(2)15(13(11)3)9-16(17)18-10-14-7-5-4-6-8-14/h4-8,11-13,15H,9-10H2,1-3H3. The van der Waals surface area contributed by atoms with Gasteiger partial charge in [0.1, 0.15) is 6.61 Å². The zero-order chi connectivity index (χ0) is 13.1. The highest BCUT2D eigenvalue weighted by Gasteiger charge is 2.42. The Morgan fingerprint density at radius 1 is 1.06 bits per heavy atom. The van der Waals surface area contributed by atoms with Gasteiger partial charge in [0.15, 0.2) is 0 Å². The molecule has 2 rings (SSSR count). The lowest BCUT2D eigenvalue weighted by atomic mass is 9.58. The Bertz CT molecular complexity index is 389. The molecule has 0 bridgehead atoms. The van der Waals surface area contributed by atoms with Crippen LogP contribution >= 0.6 is 0 Å². The quantitative estimate of drug-likeness (QED) is 0.758. The van der Waals surface area contributed by atoms with Crippen molar-refractivity contribution in [2.75, 3.05) is 0 Å². The summed E-state index contributed by atoms with van der Waals surface area (Å²) in [6.45, 7) is 7.13. The molecule has 98 valence electrons. The van der Waals surface area contributed by atoms with Gasteiger partial charge in [-0.2, -0.15) is 0 Å². The summed E-state index contributed by atoms with van der Waals surface area (Å²) >= 11 is 0. The first-order valence-corrected chi connectivity index (χ1v) is 6.79. The van der Waals surface area contributed by atoms with Crippen LogP contribution in [-0.2, 0) is 16.1 Å². The highest BCUT2D eigenvalue weighted by Crippen LogP contribution is 2.47. The molecule has 18 heavy (non-hydrogen) atoms. The van der Waals surface area contributed by atoms with Crippen LogP contribution in [-0.4, -0.2) is 5.97 Å². The third-order valence-corrected chi connectivity index (χ3v) is 4.65. The number of hydrogen-bond acceptors (Lipinski definition) is 2. The molecule has 0 spiro atoms. The lowest BCUT2D eigenvalue weighted by Gasteiger charge is -2.47. The van der Waals surface area contributed by atoms with Gasteiger partial charge in [0.25, 0.3) is 0 Å². The molecule has 1 fully saturated rings. The Kier molecular flexibility index (Phi) is 4.05. The topological polar surface area (TPSA) is 26.3 Å². The van der Waals surface area contributed by atoms with Crippen molar-refractivity contribution >= 4 is 5.97 Å². The highest BCUT2D eigenvalue weighted by atomic mass is 16.5. The van der Waals surface area contributed by atoms with E-state index >= 15 is 0 Å². The predicted octanol–water partition coefficient (Wildman–Crippen LogP) is 3.66. The number of esters is 1. The van der Waals surface area contributed by atoms with Crippen LogP contribution in [0, 0.1) is 23.7 Å². The molecule has 0 aromatic heterocycles. The van der Waals surface area contributed by atoms with E-state index in [-0.39, 0.29) is 5.97 Å². The van der Waals surface area contributed by atoms with Gasteiger partial charge < -0.3 is 4.74 Å². The summed E-state index contributed by atoms with van der Waals surface area (Å²) < 4.78 is 5.33. The molecule has 1 saturated carbocycles. The van der Waals surface area contributed by atoms with Gasteiger partial charge in [-0.15, -0.1) is 0 Å². The monoisotopic (exact) mass is 246 g/mol. The second kappa shape index (κ2) is 5.55. The predicted molar refractivity (Wildman–Crippen MR) is 71.8 cm³/mol. The Morgan fingerprint density at radius 2 is 1.67 bits per heavy atom. The second-order valence-electron chi connectivity index (χ2n) is 5.59. The minimum Gasteiger partial charge on any atom is -0.461 e. The highest BCUT2D eigenvalue weighted by molar-refractivity contribution is 5.70. The first kappa shape index (κ1) is 13.1. The van der Waals surface area contributed by atoms with Gasteiger partial charge in [0, 0.05) is 6.42 Å². The number of carbonyl (C=O) groups is 1. The van der Waals surface area contributed by atoms with Gasteiger partial charge in [-0.05, 0) is 29.2 Å². The van der Waals surface area contributed by atoms with Crippen LogP contribution < -0.4 is 0 Å². The van der Waals surface area contributed by atoms with E-state index in [0.717, 1.165) is 11.5 Å². The van der Waals surface area contributed by atoms with E-state index in [0.29, 0.717) is 30.8 Å². The minimum absolute atomic E-state index is 0.0607. The summed E-state index contributed by atoms with van der Waals surface area (Å²) in [7, 11) is 0. The first-order valence-electron chi connectivity index (χ1n) is 6.79. The number of rotatable bonds is 4. The van der Waals surface area contributed by atoms with Crippen LogP contribution in [0.15, 0.2) is 30.3 Å². The van der Waals surface area contributed by atoms with E-state index in [1.165, 1.54) is 0 Å². The third-order valence-electron chi connectivity index (χ3n) is 4.65. The SMILES string of the molecule is CC1C(C)C(CC(=O)OCc2ccccc2)C1C. The van der Waals surface area contributed by atoms with Gasteiger partial charge in [0.2, 0.25) is 0 Å². The molecular formula is C16H22O2. The van der Waals surface area contributed by atoms with E-state index in [4.69, 9.17) is 4.74 Å². The van der Waals surface area contributed by atoms with Crippen molar-refractivity contribution in [3.8, 4) is 0 Å². The van der Waals surface area contributed by atoms with E-state index in [2.05, 4.69) is 20.8 Å². The van der Waals surface area contributed by atoms with Gasteiger partial charge in [-0.25, -0.2) is 0 Å². The Labute approximate surface area is 109 Å². The largest absolute Gasteiger partial charge is 0.461 e. The summed E-state index contributed by atoms with van der Waals surface area (Å²) in [4.78, 5) is 11.8. The fourth-order valence-corrected chi connectivity index (χ4v) is 2.95. The molecule has 1 aliphatic rings. The van der Waals surface area contributed by atoms with E-state index in [1.807, 2.05) is 30.3 Å². The summed E-state index contributed by atoms with van der Waals surface area (Å²) in [6, 6.07) is 9.83. The van der Waals surface area contributed by atoms with E-state index in [1.54, 1.807) is 0 Å². The smallest absolute Gasteiger partial charge is 0.306 e. The normalized spacial score (nSPS) is 30.6. The minimum atomic E-state index is -0.0607. The Hall–Kier alpha value is -1.31. The van der Waals surface area contributed by atoms with Crippen molar-refractivity contribution in [1.82, 2.24) is 0 Å². The van der Waals surface area contributed by atoms with Crippen LogP contribution in [0.1, 0.15) is 32.8 Å². The molecular weight excluding hydrogens is 224 g/mol. The molecule has 2 unspecified atom stereocenters. The summed E-state index contributed by atoms with van der Waals surface area (Å²) in [6.07, 6.45) is 0.569. The van der Waals surface area contributed by atoms with Crippen molar-refractivity contribution < 1.29 is 9.53 Å². The Morgan fingerprint density at radius 3 is 2.28 bits per heavy atom. The van der Waals surface area contributed by atoms with Crippen LogP contribution in [0.25, 0.3) is 0 Å². The average Bonchev–Trinajstić information content (AvgIpc) is 2.42. The molecule has 0 N–H and O–H groups in total. The molecule has 2 nitrogen and oxygen atoms in total. The van der Waals surface area contributed by atoms with Crippen LogP contribution in [0.4, 0.5) is 0 Å². The van der Waals surface area contributed by atoms with Crippen molar-refractivity contribution in [3.05, 3.63) is 35.9 Å². The molecule has 1 aromatic rings. The summed E-state index contributed by atoms with van der Waals surface area (Å²) in [5, 5.41) is 0. The molecule has 1 aromatic carbocycles. The average molecular weight is 246 g/mol. The van der Waals surface area contributed by atoms with Crippen molar-refractivity contribution in [2.24, 2.45) is 23.7 Å². The van der Waals surface area contributed by atoms with Crippen molar-refractivity contribution in [2.45, 2.75) is 33.8 Å². The van der Waals surface area contributed by atoms with Gasteiger partial charge in [-0.3, -0.25) is 4.79 Å². The van der Waals surface area contributed by atoms with Crippen molar-refractivity contribution in [1.29, 1.82) is 0 Å². The second-order valence-corrected chi connectivity index (χ2v) is 5.59. The third kappa shape index (κ3) is 2.74. The van der Waals surface area contributed by atoms with E-state index in [9.17, 15) is 4.79 Å². The van der Waals surface area contributed by atoms with Crippen LogP contribution in [0.2, 0.25) is 0 Å². The zero-order valence-corrected chi connectivity index (χ0v) is 11.4. The molecule has 2 heteroatoms.